The molecule has 0 aromatic heterocycles. The number of benzene rings is 2. The van der Waals surface area contributed by atoms with Gasteiger partial charge in [-0.3, -0.25) is 20.5 Å². The number of nitrogens with zero attached hydrogens (tertiary/aromatic N) is 1. The summed E-state index contributed by atoms with van der Waals surface area (Å²) in [7, 11) is 0. The van der Waals surface area contributed by atoms with Gasteiger partial charge in [0, 0.05) is 30.3 Å². The highest BCUT2D eigenvalue weighted by atomic mass is 35.5. The molecule has 1 saturated heterocycles. The van der Waals surface area contributed by atoms with Crippen LogP contribution in [0.1, 0.15) is 32.6 Å². The Hall–Kier alpha value is -3.15. The summed E-state index contributed by atoms with van der Waals surface area (Å²) >= 11 is 6.36. The van der Waals surface area contributed by atoms with Crippen molar-refractivity contribution >= 4 is 35.0 Å². The van der Waals surface area contributed by atoms with Gasteiger partial charge in [0.05, 0.1) is 17.5 Å². The normalized spacial score (nSPS) is 17.2. The highest BCUT2D eigenvalue weighted by Gasteiger charge is 2.34. The maximum atomic E-state index is 13.1. The zero-order chi connectivity index (χ0) is 26.5. The van der Waals surface area contributed by atoms with Crippen molar-refractivity contribution in [1.82, 2.24) is 4.90 Å². The van der Waals surface area contributed by atoms with Crippen molar-refractivity contribution in [2.75, 3.05) is 11.9 Å². The number of amides is 1. The quantitative estimate of drug-likeness (QED) is 0.284. The zero-order valence-electron chi connectivity index (χ0n) is 19.4. The first-order valence-corrected chi connectivity index (χ1v) is 11.5. The van der Waals surface area contributed by atoms with E-state index < -0.39 is 30.3 Å². The SMILES string of the molecule is CC(=N)OC(=N)CC(O)N1CCCC[C@@H]1C(=O)Nc1ccc(-c2ccccc2OC(F)(F)F)c(Cl)c1. The van der Waals surface area contributed by atoms with Gasteiger partial charge < -0.3 is 19.9 Å². The Labute approximate surface area is 211 Å². The molecule has 4 N–H and O–H groups in total. The van der Waals surface area contributed by atoms with Gasteiger partial charge in [-0.15, -0.1) is 13.2 Å². The molecule has 2 aromatic rings. The van der Waals surface area contributed by atoms with E-state index in [-0.39, 0.29) is 28.8 Å². The van der Waals surface area contributed by atoms with Gasteiger partial charge in [-0.2, -0.15) is 0 Å². The molecule has 0 aliphatic carbocycles. The third-order valence-corrected chi connectivity index (χ3v) is 5.83. The summed E-state index contributed by atoms with van der Waals surface area (Å²) in [6.45, 7) is 1.81. The maximum Gasteiger partial charge on any atom is 0.573 e. The van der Waals surface area contributed by atoms with Crippen LogP contribution in [0.5, 0.6) is 5.75 Å². The van der Waals surface area contributed by atoms with Crippen LogP contribution in [0.3, 0.4) is 0 Å². The number of aliphatic hydroxyl groups excluding tert-OH is 1. The first-order valence-electron chi connectivity index (χ1n) is 11.1. The molecule has 2 aromatic carbocycles. The molecule has 1 unspecified atom stereocenters. The van der Waals surface area contributed by atoms with Crippen molar-refractivity contribution in [2.45, 2.75) is 51.2 Å². The Kier molecular flexibility index (Phi) is 8.93. The number of para-hydroxylation sites is 1. The lowest BCUT2D eigenvalue weighted by atomic mass is 10.00. The third-order valence-electron chi connectivity index (χ3n) is 5.51. The van der Waals surface area contributed by atoms with Crippen molar-refractivity contribution in [1.29, 1.82) is 10.8 Å². The third kappa shape index (κ3) is 7.42. The molecule has 0 saturated carbocycles. The van der Waals surface area contributed by atoms with E-state index in [0.717, 1.165) is 12.8 Å². The number of carbonyl (C=O) groups excluding carboxylic acids is 1. The number of piperidine rings is 1. The summed E-state index contributed by atoms with van der Waals surface area (Å²) in [6.07, 6.45) is -4.18. The number of carbonyl (C=O) groups is 1. The Morgan fingerprint density at radius 2 is 1.94 bits per heavy atom. The first kappa shape index (κ1) is 27.4. The lowest BCUT2D eigenvalue weighted by Crippen LogP contribution is -2.52. The van der Waals surface area contributed by atoms with Gasteiger partial charge in [-0.1, -0.05) is 42.3 Å². The summed E-state index contributed by atoms with van der Waals surface area (Å²) in [4.78, 5) is 14.6. The van der Waals surface area contributed by atoms with Gasteiger partial charge in [-0.05, 0) is 31.0 Å². The molecule has 2 atom stereocenters. The maximum absolute atomic E-state index is 13.1. The Bertz CT molecular complexity index is 1130. The average molecular weight is 527 g/mol. The van der Waals surface area contributed by atoms with E-state index in [2.05, 4.69) is 10.1 Å². The van der Waals surface area contributed by atoms with Crippen LogP contribution < -0.4 is 10.1 Å². The molecule has 3 rings (SSSR count). The van der Waals surface area contributed by atoms with Gasteiger partial charge in [0.1, 0.15) is 12.0 Å². The minimum Gasteiger partial charge on any atom is -0.430 e. The van der Waals surface area contributed by atoms with Crippen molar-refractivity contribution in [3.63, 3.8) is 0 Å². The second-order valence-corrected chi connectivity index (χ2v) is 8.65. The monoisotopic (exact) mass is 526 g/mol. The number of likely N-dealkylation sites (tertiary alicyclic amines) is 1. The highest BCUT2D eigenvalue weighted by Crippen LogP contribution is 2.38. The zero-order valence-corrected chi connectivity index (χ0v) is 20.1. The number of ether oxygens (including phenoxy) is 2. The molecule has 8 nitrogen and oxygen atoms in total. The summed E-state index contributed by atoms with van der Waals surface area (Å²) in [5, 5.41) is 28.5. The average Bonchev–Trinajstić information content (AvgIpc) is 2.78. The lowest BCUT2D eigenvalue weighted by Gasteiger charge is -2.37. The number of alkyl halides is 3. The standard InChI is InChI=1S/C24H26ClF3N4O4/c1-14(29)35-21(30)13-22(33)32-11-5-4-7-19(32)23(34)31-15-9-10-16(18(25)12-15)17-6-2-3-8-20(17)36-24(26,27)28/h2-3,6,8-10,12,19,22,29-30,33H,4-5,7,11,13H2,1H3,(H,31,34)/t19-,22?/m1/s1. The molecule has 0 radical (unpaired) electrons. The van der Waals surface area contributed by atoms with E-state index in [1.807, 2.05) is 0 Å². The largest absolute Gasteiger partial charge is 0.573 e. The Morgan fingerprint density at radius 3 is 2.61 bits per heavy atom. The predicted octanol–water partition coefficient (Wildman–Crippen LogP) is 5.40. The topological polar surface area (TPSA) is 119 Å². The lowest BCUT2D eigenvalue weighted by molar-refractivity contribution is -0.274. The molecule has 1 heterocycles. The fourth-order valence-corrected chi connectivity index (χ4v) is 4.32. The second kappa shape index (κ2) is 11.7. The first-order chi connectivity index (χ1) is 16.9. The molecule has 12 heteroatoms. The van der Waals surface area contributed by atoms with E-state index in [0.29, 0.717) is 24.2 Å². The summed E-state index contributed by atoms with van der Waals surface area (Å²) in [6, 6.07) is 9.36. The van der Waals surface area contributed by atoms with Crippen LogP contribution in [0.25, 0.3) is 11.1 Å². The van der Waals surface area contributed by atoms with Crippen LogP contribution in [-0.4, -0.2) is 52.9 Å². The number of hydrogen-bond acceptors (Lipinski definition) is 7. The van der Waals surface area contributed by atoms with Crippen molar-refractivity contribution in [3.05, 3.63) is 47.5 Å². The fourth-order valence-electron chi connectivity index (χ4n) is 4.04. The van der Waals surface area contributed by atoms with Gasteiger partial charge in [0.2, 0.25) is 5.91 Å². The Morgan fingerprint density at radius 1 is 1.22 bits per heavy atom. The van der Waals surface area contributed by atoms with E-state index in [1.54, 1.807) is 11.0 Å². The molecule has 1 amide bonds. The van der Waals surface area contributed by atoms with Crippen LogP contribution in [-0.2, 0) is 9.53 Å². The number of nitrogens with one attached hydrogen (secondary N) is 3. The van der Waals surface area contributed by atoms with Crippen molar-refractivity contribution < 1.29 is 32.5 Å². The fraction of sp³-hybridized carbons (Fsp3) is 0.375. The number of rotatable bonds is 7. The molecule has 1 aliphatic rings. The van der Waals surface area contributed by atoms with Gasteiger partial charge in [0.25, 0.3) is 0 Å². The van der Waals surface area contributed by atoms with E-state index in [9.17, 15) is 23.1 Å². The van der Waals surface area contributed by atoms with E-state index >= 15 is 0 Å². The summed E-state index contributed by atoms with van der Waals surface area (Å²) < 4.78 is 47.3. The van der Waals surface area contributed by atoms with Gasteiger partial charge in [-0.25, -0.2) is 0 Å². The molecule has 1 aliphatic heterocycles. The smallest absolute Gasteiger partial charge is 0.430 e. The van der Waals surface area contributed by atoms with Crippen molar-refractivity contribution in [2.24, 2.45) is 0 Å². The number of anilines is 1. The minimum absolute atomic E-state index is 0.110. The van der Waals surface area contributed by atoms with Crippen LogP contribution in [0, 0.1) is 10.8 Å². The second-order valence-electron chi connectivity index (χ2n) is 8.24. The number of halogens is 4. The van der Waals surface area contributed by atoms with Gasteiger partial charge >= 0.3 is 6.36 Å². The van der Waals surface area contributed by atoms with E-state index in [4.69, 9.17) is 27.2 Å². The number of hydrogen-bond donors (Lipinski definition) is 4. The molecule has 36 heavy (non-hydrogen) atoms. The summed E-state index contributed by atoms with van der Waals surface area (Å²) in [5.74, 6) is -1.25. The molecule has 194 valence electrons. The molecule has 0 spiro atoms. The van der Waals surface area contributed by atoms with Crippen LogP contribution in [0.15, 0.2) is 42.5 Å². The van der Waals surface area contributed by atoms with Gasteiger partial charge in [0.15, 0.2) is 11.8 Å². The molecular weight excluding hydrogens is 501 g/mol. The Balaban J connectivity index is 1.74. The van der Waals surface area contributed by atoms with E-state index in [1.165, 1.54) is 43.3 Å². The molecule has 1 fully saturated rings. The number of aliphatic hydroxyl groups is 1. The van der Waals surface area contributed by atoms with Crippen molar-refractivity contribution in [3.8, 4) is 16.9 Å². The molecular formula is C24H26ClF3N4O4. The highest BCUT2D eigenvalue weighted by molar-refractivity contribution is 6.33. The summed E-state index contributed by atoms with van der Waals surface area (Å²) in [5.41, 5.74) is 0.770. The van der Waals surface area contributed by atoms with Crippen LogP contribution in [0.2, 0.25) is 5.02 Å². The minimum atomic E-state index is -4.87. The van der Waals surface area contributed by atoms with Crippen LogP contribution >= 0.6 is 11.6 Å². The predicted molar refractivity (Wildman–Crippen MR) is 129 cm³/mol. The van der Waals surface area contributed by atoms with Crippen LogP contribution in [0.4, 0.5) is 18.9 Å². The molecule has 0 bridgehead atoms.